The number of hydrogen-bond acceptors (Lipinski definition) is 3. The van der Waals surface area contributed by atoms with Crippen LogP contribution in [-0.2, 0) is 29.2 Å². The van der Waals surface area contributed by atoms with Crippen molar-refractivity contribution in [3.05, 3.63) is 70.8 Å². The van der Waals surface area contributed by atoms with Gasteiger partial charge in [0.1, 0.15) is 0 Å². The minimum absolute atomic E-state index is 0.0788. The van der Waals surface area contributed by atoms with Crippen molar-refractivity contribution in [2.45, 2.75) is 19.8 Å². The zero-order valence-electron chi connectivity index (χ0n) is 13.0. The molecular formula is C18H21NO3. The van der Waals surface area contributed by atoms with E-state index in [-0.39, 0.29) is 5.91 Å². The third-order valence-electron chi connectivity index (χ3n) is 3.31. The Bertz CT molecular complexity index is 591. The summed E-state index contributed by atoms with van der Waals surface area (Å²) < 4.78 is 10.1. The first-order valence-corrected chi connectivity index (χ1v) is 7.15. The quantitative estimate of drug-likeness (QED) is 0.855. The minimum atomic E-state index is -0.0788. The number of hydrogen-bond donors (Lipinski definition) is 1. The molecule has 0 bridgehead atoms. The summed E-state index contributed by atoms with van der Waals surface area (Å²) in [6.07, 6.45) is 0. The average molecular weight is 299 g/mol. The van der Waals surface area contributed by atoms with Crippen LogP contribution in [0.3, 0.4) is 0 Å². The fourth-order valence-corrected chi connectivity index (χ4v) is 2.12. The smallest absolute Gasteiger partial charge is 0.251 e. The predicted molar refractivity (Wildman–Crippen MR) is 85.5 cm³/mol. The molecule has 0 aliphatic carbocycles. The lowest BCUT2D eigenvalue weighted by molar-refractivity contribution is 0.0951. The molecule has 1 amide bonds. The largest absolute Gasteiger partial charge is 0.380 e. The summed E-state index contributed by atoms with van der Waals surface area (Å²) in [5, 5.41) is 2.92. The molecule has 0 aromatic heterocycles. The number of carbonyl (C=O) groups excluding carboxylic acids is 1. The molecule has 2 aromatic carbocycles. The molecule has 2 aromatic rings. The molecule has 22 heavy (non-hydrogen) atoms. The third-order valence-corrected chi connectivity index (χ3v) is 3.31. The summed E-state index contributed by atoms with van der Waals surface area (Å²) in [6, 6.07) is 15.4. The van der Waals surface area contributed by atoms with E-state index in [0.29, 0.717) is 25.3 Å². The Morgan fingerprint density at radius 1 is 0.818 bits per heavy atom. The Kier molecular flexibility index (Phi) is 6.13. The molecule has 0 fully saturated rings. The van der Waals surface area contributed by atoms with E-state index in [1.807, 2.05) is 48.5 Å². The number of benzene rings is 2. The highest BCUT2D eigenvalue weighted by atomic mass is 16.5. The molecule has 0 spiro atoms. The highest BCUT2D eigenvalue weighted by molar-refractivity contribution is 5.94. The van der Waals surface area contributed by atoms with Crippen molar-refractivity contribution in [3.8, 4) is 0 Å². The van der Waals surface area contributed by atoms with Gasteiger partial charge < -0.3 is 14.8 Å². The normalized spacial score (nSPS) is 10.5. The zero-order chi connectivity index (χ0) is 15.8. The molecule has 0 saturated carbocycles. The first kappa shape index (κ1) is 16.2. The van der Waals surface area contributed by atoms with Crippen LogP contribution < -0.4 is 5.32 Å². The molecule has 116 valence electrons. The number of methoxy groups -OCH3 is 2. The van der Waals surface area contributed by atoms with E-state index in [9.17, 15) is 4.79 Å². The van der Waals surface area contributed by atoms with Crippen LogP contribution in [0.5, 0.6) is 0 Å². The number of ether oxygens (including phenoxy) is 2. The molecule has 1 N–H and O–H groups in total. The maximum atomic E-state index is 12.1. The van der Waals surface area contributed by atoms with Crippen LogP contribution in [0.1, 0.15) is 27.0 Å². The number of rotatable bonds is 7. The Hall–Kier alpha value is -2.17. The highest BCUT2D eigenvalue weighted by Gasteiger charge is 2.05. The second kappa shape index (κ2) is 8.32. The standard InChI is InChI=1S/C18H21NO3/c1-21-12-15-5-3-14(4-6-15)11-19-18(20)17-9-7-16(8-10-17)13-22-2/h3-10H,11-13H2,1-2H3,(H,19,20). The molecule has 0 aliphatic heterocycles. The van der Waals surface area contributed by atoms with Crippen LogP contribution >= 0.6 is 0 Å². The SMILES string of the molecule is COCc1ccc(CNC(=O)c2ccc(COC)cc2)cc1. The summed E-state index contributed by atoms with van der Waals surface area (Å²) in [6.45, 7) is 1.65. The van der Waals surface area contributed by atoms with Gasteiger partial charge in [-0.2, -0.15) is 0 Å². The van der Waals surface area contributed by atoms with Gasteiger partial charge in [-0.05, 0) is 28.8 Å². The van der Waals surface area contributed by atoms with Crippen LogP contribution in [0.2, 0.25) is 0 Å². The molecule has 0 atom stereocenters. The minimum Gasteiger partial charge on any atom is -0.380 e. The van der Waals surface area contributed by atoms with Crippen molar-refractivity contribution >= 4 is 5.91 Å². The second-order valence-electron chi connectivity index (χ2n) is 5.06. The number of amides is 1. The van der Waals surface area contributed by atoms with Crippen molar-refractivity contribution < 1.29 is 14.3 Å². The van der Waals surface area contributed by atoms with Crippen LogP contribution in [0.25, 0.3) is 0 Å². The van der Waals surface area contributed by atoms with Gasteiger partial charge in [-0.25, -0.2) is 0 Å². The molecule has 0 saturated heterocycles. The topological polar surface area (TPSA) is 47.6 Å². The molecule has 0 unspecified atom stereocenters. The molecular weight excluding hydrogens is 278 g/mol. The Labute approximate surface area is 131 Å². The number of nitrogens with one attached hydrogen (secondary N) is 1. The predicted octanol–water partition coefficient (Wildman–Crippen LogP) is 2.91. The van der Waals surface area contributed by atoms with Crippen molar-refractivity contribution in [1.29, 1.82) is 0 Å². The molecule has 4 nitrogen and oxygen atoms in total. The maximum absolute atomic E-state index is 12.1. The van der Waals surface area contributed by atoms with Gasteiger partial charge in [0.2, 0.25) is 0 Å². The van der Waals surface area contributed by atoms with Gasteiger partial charge in [0.25, 0.3) is 5.91 Å². The van der Waals surface area contributed by atoms with E-state index in [2.05, 4.69) is 5.32 Å². The van der Waals surface area contributed by atoms with E-state index < -0.39 is 0 Å². The summed E-state index contributed by atoms with van der Waals surface area (Å²) in [5.74, 6) is -0.0788. The lowest BCUT2D eigenvalue weighted by Crippen LogP contribution is -2.22. The molecule has 0 heterocycles. The second-order valence-corrected chi connectivity index (χ2v) is 5.06. The van der Waals surface area contributed by atoms with Crippen LogP contribution in [-0.4, -0.2) is 20.1 Å². The van der Waals surface area contributed by atoms with E-state index >= 15 is 0 Å². The summed E-state index contributed by atoms with van der Waals surface area (Å²) >= 11 is 0. The Morgan fingerprint density at radius 2 is 1.27 bits per heavy atom. The fourth-order valence-electron chi connectivity index (χ4n) is 2.12. The van der Waals surface area contributed by atoms with Crippen molar-refractivity contribution in [1.82, 2.24) is 5.32 Å². The van der Waals surface area contributed by atoms with E-state index in [1.54, 1.807) is 14.2 Å². The van der Waals surface area contributed by atoms with Gasteiger partial charge in [0.15, 0.2) is 0 Å². The van der Waals surface area contributed by atoms with Gasteiger partial charge >= 0.3 is 0 Å². The summed E-state index contributed by atoms with van der Waals surface area (Å²) in [4.78, 5) is 12.1. The van der Waals surface area contributed by atoms with Crippen LogP contribution in [0, 0.1) is 0 Å². The first-order chi connectivity index (χ1) is 10.7. The monoisotopic (exact) mass is 299 g/mol. The van der Waals surface area contributed by atoms with Crippen molar-refractivity contribution in [2.24, 2.45) is 0 Å². The van der Waals surface area contributed by atoms with E-state index in [4.69, 9.17) is 9.47 Å². The van der Waals surface area contributed by atoms with Gasteiger partial charge in [0, 0.05) is 26.3 Å². The lowest BCUT2D eigenvalue weighted by atomic mass is 10.1. The van der Waals surface area contributed by atoms with E-state index in [1.165, 1.54) is 0 Å². The highest BCUT2D eigenvalue weighted by Crippen LogP contribution is 2.08. The summed E-state index contributed by atoms with van der Waals surface area (Å²) in [5.41, 5.74) is 3.87. The Balaban J connectivity index is 1.88. The Morgan fingerprint density at radius 3 is 1.77 bits per heavy atom. The van der Waals surface area contributed by atoms with Gasteiger partial charge in [-0.15, -0.1) is 0 Å². The van der Waals surface area contributed by atoms with Gasteiger partial charge in [0.05, 0.1) is 13.2 Å². The van der Waals surface area contributed by atoms with Gasteiger partial charge in [-0.3, -0.25) is 4.79 Å². The average Bonchev–Trinajstić information content (AvgIpc) is 2.55. The zero-order valence-corrected chi connectivity index (χ0v) is 13.0. The first-order valence-electron chi connectivity index (χ1n) is 7.15. The molecule has 0 radical (unpaired) electrons. The summed E-state index contributed by atoms with van der Waals surface area (Å²) in [7, 11) is 3.32. The van der Waals surface area contributed by atoms with Crippen LogP contribution in [0.4, 0.5) is 0 Å². The van der Waals surface area contributed by atoms with Crippen molar-refractivity contribution in [3.63, 3.8) is 0 Å². The van der Waals surface area contributed by atoms with Crippen LogP contribution in [0.15, 0.2) is 48.5 Å². The van der Waals surface area contributed by atoms with Crippen molar-refractivity contribution in [2.75, 3.05) is 14.2 Å². The molecule has 2 rings (SSSR count). The third kappa shape index (κ3) is 4.69. The molecule has 0 aliphatic rings. The van der Waals surface area contributed by atoms with Gasteiger partial charge in [-0.1, -0.05) is 36.4 Å². The number of carbonyl (C=O) groups is 1. The fraction of sp³-hybridized carbons (Fsp3) is 0.278. The lowest BCUT2D eigenvalue weighted by Gasteiger charge is -2.07. The maximum Gasteiger partial charge on any atom is 0.251 e. The van der Waals surface area contributed by atoms with E-state index in [0.717, 1.165) is 16.7 Å². The molecule has 4 heteroatoms.